The Balaban J connectivity index is 0.00000451. The molecule has 1 aliphatic rings. The average molecular weight is 699 g/mol. The zero-order chi connectivity index (χ0) is 33.3. The van der Waals surface area contributed by atoms with Crippen LogP contribution in [-0.2, 0) is 26.8 Å². The molecule has 13 heteroatoms. The maximum absolute atomic E-state index is 11.7. The molecule has 48 heavy (non-hydrogen) atoms. The summed E-state index contributed by atoms with van der Waals surface area (Å²) in [5.41, 5.74) is 3.19. The SMILES string of the molecule is CCC(=Cc1oc2ccc3ccccc3c2[n+]1CCCCS(=O)(=O)[O-])C=C1Oc2ccc3ccccc3c2N1CCC(C)S(=O)(=O)[O-].[Na+]. The van der Waals surface area contributed by atoms with E-state index in [4.69, 9.17) is 9.15 Å². The molecule has 246 valence electrons. The summed E-state index contributed by atoms with van der Waals surface area (Å²) < 4.78 is 83.8. The van der Waals surface area contributed by atoms with Gasteiger partial charge in [0, 0.05) is 35.4 Å². The van der Waals surface area contributed by atoms with Gasteiger partial charge >= 0.3 is 35.4 Å². The first-order valence-corrected chi connectivity index (χ1v) is 18.6. The fourth-order valence-corrected chi connectivity index (χ4v) is 6.93. The fourth-order valence-electron chi connectivity index (χ4n) is 5.97. The van der Waals surface area contributed by atoms with Crippen LogP contribution in [0.15, 0.2) is 94.7 Å². The van der Waals surface area contributed by atoms with E-state index in [2.05, 4.69) is 0 Å². The third-order valence-corrected chi connectivity index (χ3v) is 10.5. The Morgan fingerprint density at radius 3 is 2.27 bits per heavy atom. The molecule has 1 atom stereocenters. The molecule has 0 bridgehead atoms. The van der Waals surface area contributed by atoms with Crippen molar-refractivity contribution in [1.82, 2.24) is 0 Å². The summed E-state index contributed by atoms with van der Waals surface area (Å²) in [5, 5.41) is 2.87. The molecule has 0 radical (unpaired) electrons. The number of anilines is 1. The van der Waals surface area contributed by atoms with Gasteiger partial charge in [-0.1, -0.05) is 61.5 Å². The van der Waals surface area contributed by atoms with E-state index in [0.717, 1.165) is 38.3 Å². The topological polar surface area (TPSA) is 144 Å². The molecule has 0 saturated heterocycles. The maximum Gasteiger partial charge on any atom is 1.00 e. The smallest absolute Gasteiger partial charge is 0.748 e. The summed E-state index contributed by atoms with van der Waals surface area (Å²) in [4.78, 5) is 1.92. The predicted octanol–water partition coefficient (Wildman–Crippen LogP) is 3.21. The number of aryl methyl sites for hydroxylation is 1. The second-order valence-corrected chi connectivity index (χ2v) is 15.0. The van der Waals surface area contributed by atoms with Crippen molar-refractivity contribution in [2.45, 2.75) is 51.3 Å². The quantitative estimate of drug-likeness (QED) is 0.0831. The van der Waals surface area contributed by atoms with Gasteiger partial charge in [0.2, 0.25) is 11.5 Å². The van der Waals surface area contributed by atoms with E-state index in [0.29, 0.717) is 42.5 Å². The molecule has 5 aromatic rings. The van der Waals surface area contributed by atoms with Gasteiger partial charge in [-0.25, -0.2) is 16.8 Å². The number of allylic oxidation sites excluding steroid dienone is 2. The largest absolute Gasteiger partial charge is 1.00 e. The van der Waals surface area contributed by atoms with Crippen LogP contribution in [0, 0.1) is 0 Å². The van der Waals surface area contributed by atoms with Gasteiger partial charge in [-0.3, -0.25) is 0 Å². The second kappa shape index (κ2) is 14.7. The molecule has 0 saturated carbocycles. The summed E-state index contributed by atoms with van der Waals surface area (Å²) in [7, 11) is -8.79. The number of oxazole rings is 1. The Kier molecular flexibility index (Phi) is 11.1. The van der Waals surface area contributed by atoms with Gasteiger partial charge in [0.1, 0.15) is 0 Å². The minimum atomic E-state index is -4.47. The number of unbranched alkanes of at least 4 members (excludes halogenated alkanes) is 1. The van der Waals surface area contributed by atoms with Crippen molar-refractivity contribution in [2.24, 2.45) is 0 Å². The fraction of sp³-hybridized carbons (Fsp3) is 0.286. The molecule has 10 nitrogen and oxygen atoms in total. The van der Waals surface area contributed by atoms with Gasteiger partial charge in [-0.05, 0) is 60.7 Å². The number of hydrogen-bond acceptors (Lipinski definition) is 9. The molecule has 0 amide bonds. The average Bonchev–Trinajstić information content (AvgIpc) is 3.57. The standard InChI is InChI=1S/C35H36N2O8S2.Na/c1-3-25(22-32-36(19-8-9-21-46(38,39)40)34-28-12-6-4-10-26(28)14-16-30(34)44-32)23-33-37(20-18-24(2)47(41,42)43)35-29-13-7-5-11-27(29)15-17-31(35)45-33;/h4-7,10-17,22-24H,3,8-9,18-21H2,1-2H3,(H-,38,39,40,41,42,43);/q;+1/p-1. The van der Waals surface area contributed by atoms with Gasteiger partial charge in [0.05, 0.1) is 37.4 Å². The van der Waals surface area contributed by atoms with E-state index in [1.54, 1.807) is 0 Å². The molecule has 1 unspecified atom stereocenters. The molecule has 0 fully saturated rings. The van der Waals surface area contributed by atoms with Crippen LogP contribution in [-0.4, -0.2) is 43.5 Å². The molecule has 2 heterocycles. The van der Waals surface area contributed by atoms with Crippen molar-refractivity contribution in [3.8, 4) is 5.75 Å². The van der Waals surface area contributed by atoms with E-state index in [-0.39, 0.29) is 48.9 Å². The molecule has 4 aromatic carbocycles. The molecule has 0 N–H and O–H groups in total. The van der Waals surface area contributed by atoms with Gasteiger partial charge < -0.3 is 23.2 Å². The predicted molar refractivity (Wildman–Crippen MR) is 180 cm³/mol. The molecule has 0 spiro atoms. The zero-order valence-electron chi connectivity index (χ0n) is 27.1. The number of nitrogens with zero attached hydrogens (tertiary/aromatic N) is 2. The van der Waals surface area contributed by atoms with Crippen molar-refractivity contribution in [3.63, 3.8) is 0 Å². The first-order chi connectivity index (χ1) is 22.4. The Hall–Kier alpha value is -3.23. The summed E-state index contributed by atoms with van der Waals surface area (Å²) in [6.07, 6.45) is 5.18. The molecular weight excluding hydrogens is 664 g/mol. The van der Waals surface area contributed by atoms with Crippen LogP contribution >= 0.6 is 0 Å². The molecular formula is C35H35N2NaO8S2. The van der Waals surface area contributed by atoms with Gasteiger partial charge in [0.25, 0.3) is 5.52 Å². The van der Waals surface area contributed by atoms with Crippen LogP contribution in [0.3, 0.4) is 0 Å². The minimum Gasteiger partial charge on any atom is -0.748 e. The van der Waals surface area contributed by atoms with Crippen LogP contribution in [0.4, 0.5) is 5.69 Å². The van der Waals surface area contributed by atoms with Crippen molar-refractivity contribution >= 4 is 64.6 Å². The summed E-state index contributed by atoms with van der Waals surface area (Å²) >= 11 is 0. The van der Waals surface area contributed by atoms with Crippen molar-refractivity contribution < 1.29 is 69.2 Å². The first kappa shape index (κ1) is 36.1. The van der Waals surface area contributed by atoms with E-state index in [1.807, 2.05) is 101 Å². The molecule has 1 aliphatic heterocycles. The maximum atomic E-state index is 11.7. The van der Waals surface area contributed by atoms with Crippen LogP contribution in [0.2, 0.25) is 0 Å². The van der Waals surface area contributed by atoms with Crippen LogP contribution in [0.1, 0.15) is 45.4 Å². The minimum absolute atomic E-state index is 0. The second-order valence-electron chi connectivity index (χ2n) is 11.7. The normalized spacial score (nSPS) is 15.2. The molecule has 0 aliphatic carbocycles. The van der Waals surface area contributed by atoms with Crippen LogP contribution in [0.25, 0.3) is 38.7 Å². The van der Waals surface area contributed by atoms with Gasteiger partial charge in [-0.2, -0.15) is 4.57 Å². The van der Waals surface area contributed by atoms with E-state index >= 15 is 0 Å². The number of fused-ring (bicyclic) bond motifs is 6. The summed E-state index contributed by atoms with van der Waals surface area (Å²) in [6, 6.07) is 23.5. The third-order valence-electron chi connectivity index (χ3n) is 8.53. The Morgan fingerprint density at radius 2 is 1.58 bits per heavy atom. The van der Waals surface area contributed by atoms with E-state index < -0.39 is 31.2 Å². The number of aromatic nitrogens is 1. The van der Waals surface area contributed by atoms with Crippen molar-refractivity contribution in [3.05, 3.63) is 96.2 Å². The van der Waals surface area contributed by atoms with Crippen molar-refractivity contribution in [1.29, 1.82) is 0 Å². The van der Waals surface area contributed by atoms with Crippen molar-refractivity contribution in [2.75, 3.05) is 17.2 Å². The van der Waals surface area contributed by atoms with Gasteiger partial charge in [-0.15, -0.1) is 0 Å². The Morgan fingerprint density at radius 1 is 0.917 bits per heavy atom. The first-order valence-electron chi connectivity index (χ1n) is 15.5. The monoisotopic (exact) mass is 698 g/mol. The summed E-state index contributed by atoms with van der Waals surface area (Å²) in [5.74, 6) is 1.24. The van der Waals surface area contributed by atoms with Gasteiger partial charge in [0.15, 0.2) is 12.3 Å². The Bertz CT molecular complexity index is 2260. The molecule has 1 aromatic heterocycles. The van der Waals surface area contributed by atoms with E-state index in [1.165, 1.54) is 6.92 Å². The summed E-state index contributed by atoms with van der Waals surface area (Å²) in [6.45, 7) is 4.09. The van der Waals surface area contributed by atoms with Crippen LogP contribution < -0.4 is 43.8 Å². The van der Waals surface area contributed by atoms with E-state index in [9.17, 15) is 25.9 Å². The Labute approximate surface area is 302 Å². The van der Waals surface area contributed by atoms with Crippen LogP contribution in [0.5, 0.6) is 5.75 Å². The number of benzene rings is 4. The number of hydrogen-bond donors (Lipinski definition) is 0. The molecule has 6 rings (SSSR count). The zero-order valence-corrected chi connectivity index (χ0v) is 30.7. The third kappa shape index (κ3) is 7.81. The number of ether oxygens (including phenoxy) is 1. The number of rotatable bonds is 12.